The van der Waals surface area contributed by atoms with Crippen LogP contribution < -0.4 is 16.0 Å². The van der Waals surface area contributed by atoms with Gasteiger partial charge in [-0.3, -0.25) is 4.79 Å². The van der Waals surface area contributed by atoms with E-state index < -0.39 is 0 Å². The zero-order valence-electron chi connectivity index (χ0n) is 18.1. The van der Waals surface area contributed by atoms with Crippen molar-refractivity contribution < 1.29 is 9.59 Å². The number of nitrogens with zero attached hydrogens (tertiary/aromatic N) is 3. The minimum absolute atomic E-state index is 0.0571. The zero-order valence-corrected chi connectivity index (χ0v) is 18.1. The summed E-state index contributed by atoms with van der Waals surface area (Å²) in [5.41, 5.74) is 10.1. The molecule has 0 radical (unpaired) electrons. The number of hydrogen-bond donors (Lipinski definition) is 2. The Balaban J connectivity index is 1.42. The molecule has 3 N–H and O–H groups in total. The van der Waals surface area contributed by atoms with E-state index in [0.717, 1.165) is 42.9 Å². The molecule has 2 aromatic carbocycles. The van der Waals surface area contributed by atoms with Crippen LogP contribution in [0.15, 0.2) is 42.5 Å². The maximum absolute atomic E-state index is 13.2. The van der Waals surface area contributed by atoms with Crippen molar-refractivity contribution in [1.82, 2.24) is 9.80 Å². The summed E-state index contributed by atoms with van der Waals surface area (Å²) in [4.78, 5) is 31.8. The van der Waals surface area contributed by atoms with Crippen molar-refractivity contribution in [2.75, 3.05) is 55.2 Å². The van der Waals surface area contributed by atoms with E-state index in [1.165, 1.54) is 6.42 Å². The van der Waals surface area contributed by atoms with Gasteiger partial charge in [-0.05, 0) is 62.1 Å². The predicted molar refractivity (Wildman–Crippen MR) is 125 cm³/mol. The van der Waals surface area contributed by atoms with E-state index in [0.29, 0.717) is 37.4 Å². The van der Waals surface area contributed by atoms with Gasteiger partial charge in [0.1, 0.15) is 0 Å². The van der Waals surface area contributed by atoms with Gasteiger partial charge in [-0.2, -0.15) is 0 Å². The Morgan fingerprint density at radius 3 is 2.32 bits per heavy atom. The molecule has 2 fully saturated rings. The Kier molecular flexibility index (Phi) is 6.30. The molecule has 2 aliphatic rings. The number of aryl methyl sites for hydroxylation is 1. The van der Waals surface area contributed by atoms with Crippen molar-refractivity contribution in [3.05, 3.63) is 53.6 Å². The molecule has 3 amide bonds. The van der Waals surface area contributed by atoms with Crippen LogP contribution in [0, 0.1) is 6.92 Å². The number of anilines is 3. The van der Waals surface area contributed by atoms with Crippen LogP contribution in [-0.2, 0) is 0 Å². The van der Waals surface area contributed by atoms with Crippen LogP contribution in [0.4, 0.5) is 21.9 Å². The van der Waals surface area contributed by atoms with Crippen LogP contribution in [0.3, 0.4) is 0 Å². The van der Waals surface area contributed by atoms with Crippen molar-refractivity contribution in [1.29, 1.82) is 0 Å². The summed E-state index contributed by atoms with van der Waals surface area (Å²) in [6, 6.07) is 13.3. The Labute approximate surface area is 183 Å². The van der Waals surface area contributed by atoms with Gasteiger partial charge < -0.3 is 25.8 Å². The normalized spacial score (nSPS) is 16.9. The Morgan fingerprint density at radius 2 is 1.61 bits per heavy atom. The fraction of sp³-hybridized carbons (Fsp3) is 0.417. The lowest BCUT2D eigenvalue weighted by molar-refractivity contribution is 0.0724. The van der Waals surface area contributed by atoms with Crippen molar-refractivity contribution in [3.8, 4) is 0 Å². The predicted octanol–water partition coefficient (Wildman–Crippen LogP) is 3.56. The van der Waals surface area contributed by atoms with Crippen LogP contribution >= 0.6 is 0 Å². The molecule has 7 heteroatoms. The molecular formula is C24H31N5O2. The summed E-state index contributed by atoms with van der Waals surface area (Å²) in [7, 11) is 0. The summed E-state index contributed by atoms with van der Waals surface area (Å²) in [6.45, 7) is 6.15. The van der Waals surface area contributed by atoms with Gasteiger partial charge in [0.05, 0.1) is 5.56 Å². The van der Waals surface area contributed by atoms with Gasteiger partial charge in [0.15, 0.2) is 0 Å². The van der Waals surface area contributed by atoms with Gasteiger partial charge in [-0.1, -0.05) is 12.1 Å². The second-order valence-corrected chi connectivity index (χ2v) is 8.40. The van der Waals surface area contributed by atoms with Crippen molar-refractivity contribution >= 4 is 29.0 Å². The molecule has 0 aromatic heterocycles. The molecule has 31 heavy (non-hydrogen) atoms. The first kappa shape index (κ1) is 21.0. The van der Waals surface area contributed by atoms with Crippen LogP contribution in [-0.4, -0.2) is 61.0 Å². The number of carbonyl (C=O) groups excluding carboxylic acids is 2. The molecule has 0 unspecified atom stereocenters. The van der Waals surface area contributed by atoms with Gasteiger partial charge in [0.2, 0.25) is 0 Å². The second kappa shape index (κ2) is 9.29. The van der Waals surface area contributed by atoms with E-state index in [-0.39, 0.29) is 11.9 Å². The highest BCUT2D eigenvalue weighted by molar-refractivity contribution is 6.01. The summed E-state index contributed by atoms with van der Waals surface area (Å²) < 4.78 is 0. The Morgan fingerprint density at radius 1 is 0.871 bits per heavy atom. The number of amides is 3. The zero-order chi connectivity index (χ0) is 21.8. The quantitative estimate of drug-likeness (QED) is 0.743. The minimum atomic E-state index is -0.0906. The third-order valence-corrected chi connectivity index (χ3v) is 6.07. The first-order chi connectivity index (χ1) is 15.0. The van der Waals surface area contributed by atoms with Crippen LogP contribution in [0.2, 0.25) is 0 Å². The number of piperazine rings is 1. The van der Waals surface area contributed by atoms with E-state index in [1.807, 2.05) is 53.1 Å². The second-order valence-electron chi connectivity index (χ2n) is 8.40. The standard InChI is InChI=1S/C24H31N5O2/c1-18-6-5-7-20(16-18)26-24(31)29-14-12-27(13-15-29)22-9-8-19(25)17-21(22)23(30)28-10-3-2-4-11-28/h5-9,16-17H,2-4,10-15,25H2,1H3,(H,26,31). The smallest absolute Gasteiger partial charge is 0.321 e. The first-order valence-electron chi connectivity index (χ1n) is 11.1. The molecule has 2 heterocycles. The van der Waals surface area contributed by atoms with E-state index in [1.54, 1.807) is 6.07 Å². The molecule has 0 saturated carbocycles. The maximum Gasteiger partial charge on any atom is 0.321 e. The topological polar surface area (TPSA) is 81.9 Å². The summed E-state index contributed by atoms with van der Waals surface area (Å²) in [5, 5.41) is 2.98. The Bertz CT molecular complexity index is 947. The van der Waals surface area contributed by atoms with Crippen molar-refractivity contribution in [2.24, 2.45) is 0 Å². The van der Waals surface area contributed by atoms with Crippen LogP contribution in [0.25, 0.3) is 0 Å². The number of nitrogens with two attached hydrogens (primary N) is 1. The van der Waals surface area contributed by atoms with Crippen LogP contribution in [0.1, 0.15) is 35.2 Å². The minimum Gasteiger partial charge on any atom is -0.399 e. The summed E-state index contributed by atoms with van der Waals surface area (Å²) in [5.74, 6) is 0.0571. The lowest BCUT2D eigenvalue weighted by atomic mass is 10.1. The highest BCUT2D eigenvalue weighted by atomic mass is 16.2. The summed E-state index contributed by atoms with van der Waals surface area (Å²) in [6.07, 6.45) is 3.29. The number of nitrogen functional groups attached to an aromatic ring is 1. The molecular weight excluding hydrogens is 390 g/mol. The van der Waals surface area contributed by atoms with Gasteiger partial charge >= 0.3 is 6.03 Å². The monoisotopic (exact) mass is 421 g/mol. The summed E-state index contributed by atoms with van der Waals surface area (Å²) >= 11 is 0. The highest BCUT2D eigenvalue weighted by Gasteiger charge is 2.26. The van der Waals surface area contributed by atoms with Gasteiger partial charge in [-0.15, -0.1) is 0 Å². The number of carbonyl (C=O) groups is 2. The Hall–Kier alpha value is -3.22. The van der Waals surface area contributed by atoms with Crippen molar-refractivity contribution in [2.45, 2.75) is 26.2 Å². The lowest BCUT2D eigenvalue weighted by Gasteiger charge is -2.37. The average Bonchev–Trinajstić information content (AvgIpc) is 2.79. The molecule has 0 bridgehead atoms. The van der Waals surface area contributed by atoms with E-state index in [2.05, 4.69) is 10.2 Å². The van der Waals surface area contributed by atoms with E-state index in [4.69, 9.17) is 5.73 Å². The average molecular weight is 422 g/mol. The lowest BCUT2D eigenvalue weighted by Crippen LogP contribution is -2.50. The molecule has 4 rings (SSSR count). The van der Waals surface area contributed by atoms with Gasteiger partial charge in [-0.25, -0.2) is 4.79 Å². The molecule has 164 valence electrons. The van der Waals surface area contributed by atoms with Crippen LogP contribution in [0.5, 0.6) is 0 Å². The number of benzene rings is 2. The number of hydrogen-bond acceptors (Lipinski definition) is 4. The molecule has 2 aliphatic heterocycles. The highest BCUT2D eigenvalue weighted by Crippen LogP contribution is 2.27. The number of piperidine rings is 1. The third kappa shape index (κ3) is 4.93. The SMILES string of the molecule is Cc1cccc(NC(=O)N2CCN(c3ccc(N)cc3C(=O)N3CCCCC3)CC2)c1. The fourth-order valence-electron chi connectivity index (χ4n) is 4.34. The molecule has 2 saturated heterocycles. The first-order valence-corrected chi connectivity index (χ1v) is 11.1. The van der Waals surface area contributed by atoms with E-state index >= 15 is 0 Å². The van der Waals surface area contributed by atoms with Crippen molar-refractivity contribution in [3.63, 3.8) is 0 Å². The maximum atomic E-state index is 13.2. The van der Waals surface area contributed by atoms with Gasteiger partial charge in [0, 0.05) is 56.3 Å². The molecule has 0 atom stereocenters. The number of nitrogens with one attached hydrogen (secondary N) is 1. The molecule has 7 nitrogen and oxygen atoms in total. The molecule has 0 spiro atoms. The van der Waals surface area contributed by atoms with E-state index in [9.17, 15) is 9.59 Å². The fourth-order valence-corrected chi connectivity index (χ4v) is 4.34. The number of rotatable bonds is 3. The third-order valence-electron chi connectivity index (χ3n) is 6.07. The number of urea groups is 1. The van der Waals surface area contributed by atoms with Gasteiger partial charge in [0.25, 0.3) is 5.91 Å². The number of likely N-dealkylation sites (tertiary alicyclic amines) is 1. The largest absolute Gasteiger partial charge is 0.399 e. The molecule has 0 aliphatic carbocycles. The molecule has 2 aromatic rings.